The molecule has 96 valence electrons. The number of aromatic nitrogens is 1. The monoisotopic (exact) mass is 237 g/mol. The molecule has 0 bridgehead atoms. The molecule has 0 aliphatic carbocycles. The minimum atomic E-state index is 0.482. The highest BCUT2D eigenvalue weighted by Gasteiger charge is 2.23. The van der Waals surface area contributed by atoms with Crippen molar-refractivity contribution in [2.45, 2.75) is 38.5 Å². The van der Waals surface area contributed by atoms with Crippen molar-refractivity contribution >= 4 is 0 Å². The quantitative estimate of drug-likeness (QED) is 0.848. The summed E-state index contributed by atoms with van der Waals surface area (Å²) in [6, 6.07) is 0. The standard InChI is InChI=1S/C13H23N3O/c1-2-16-8-4-5-11(10-16)13-15-9-12(17-13)6-3-7-14/h9,11H,2-8,10,14H2,1H3. The van der Waals surface area contributed by atoms with Crippen molar-refractivity contribution in [3.8, 4) is 0 Å². The summed E-state index contributed by atoms with van der Waals surface area (Å²) in [5.41, 5.74) is 5.49. The largest absolute Gasteiger partial charge is 0.445 e. The van der Waals surface area contributed by atoms with Gasteiger partial charge >= 0.3 is 0 Å². The zero-order valence-corrected chi connectivity index (χ0v) is 10.7. The zero-order chi connectivity index (χ0) is 12.1. The first kappa shape index (κ1) is 12.6. The van der Waals surface area contributed by atoms with Gasteiger partial charge in [0.05, 0.1) is 6.20 Å². The maximum absolute atomic E-state index is 5.82. The van der Waals surface area contributed by atoms with Crippen molar-refractivity contribution in [3.63, 3.8) is 0 Å². The minimum absolute atomic E-state index is 0.482. The van der Waals surface area contributed by atoms with E-state index < -0.39 is 0 Å². The van der Waals surface area contributed by atoms with E-state index in [0.717, 1.165) is 37.6 Å². The highest BCUT2D eigenvalue weighted by molar-refractivity contribution is 5.01. The van der Waals surface area contributed by atoms with Crippen LogP contribution in [0.1, 0.15) is 43.8 Å². The molecule has 1 aromatic heterocycles. The van der Waals surface area contributed by atoms with Gasteiger partial charge in [-0.15, -0.1) is 0 Å². The molecule has 0 saturated carbocycles. The van der Waals surface area contributed by atoms with Gasteiger partial charge in [0.15, 0.2) is 5.89 Å². The third kappa shape index (κ3) is 3.30. The Kier molecular flexibility index (Phi) is 4.57. The van der Waals surface area contributed by atoms with Crippen LogP contribution in [0, 0.1) is 0 Å². The van der Waals surface area contributed by atoms with Crippen molar-refractivity contribution in [2.24, 2.45) is 5.73 Å². The average molecular weight is 237 g/mol. The molecule has 1 unspecified atom stereocenters. The van der Waals surface area contributed by atoms with Crippen LogP contribution < -0.4 is 5.73 Å². The lowest BCUT2D eigenvalue weighted by Gasteiger charge is -2.29. The molecule has 0 radical (unpaired) electrons. The Bertz CT molecular complexity index is 337. The summed E-state index contributed by atoms with van der Waals surface area (Å²) in [5.74, 6) is 2.39. The molecule has 17 heavy (non-hydrogen) atoms. The topological polar surface area (TPSA) is 55.3 Å². The van der Waals surface area contributed by atoms with Crippen molar-refractivity contribution in [3.05, 3.63) is 17.8 Å². The van der Waals surface area contributed by atoms with Crippen LogP contribution in [-0.4, -0.2) is 36.1 Å². The summed E-state index contributed by atoms with van der Waals surface area (Å²) >= 11 is 0. The van der Waals surface area contributed by atoms with Crippen molar-refractivity contribution < 1.29 is 4.42 Å². The van der Waals surface area contributed by atoms with E-state index in [-0.39, 0.29) is 0 Å². The molecule has 2 heterocycles. The van der Waals surface area contributed by atoms with E-state index in [1.54, 1.807) is 0 Å². The molecule has 1 atom stereocenters. The first-order valence-corrected chi connectivity index (χ1v) is 6.70. The highest BCUT2D eigenvalue weighted by atomic mass is 16.4. The molecule has 1 fully saturated rings. The van der Waals surface area contributed by atoms with E-state index >= 15 is 0 Å². The predicted octanol–water partition coefficient (Wildman–Crippen LogP) is 1.77. The summed E-state index contributed by atoms with van der Waals surface area (Å²) < 4.78 is 5.82. The van der Waals surface area contributed by atoms with E-state index in [4.69, 9.17) is 10.2 Å². The van der Waals surface area contributed by atoms with Gasteiger partial charge in [0, 0.05) is 18.9 Å². The lowest BCUT2D eigenvalue weighted by molar-refractivity contribution is 0.200. The molecular weight excluding hydrogens is 214 g/mol. The number of piperidine rings is 1. The second-order valence-corrected chi connectivity index (χ2v) is 4.79. The smallest absolute Gasteiger partial charge is 0.198 e. The number of hydrogen-bond acceptors (Lipinski definition) is 4. The summed E-state index contributed by atoms with van der Waals surface area (Å²) in [5, 5.41) is 0. The average Bonchev–Trinajstić information content (AvgIpc) is 2.85. The van der Waals surface area contributed by atoms with Crippen LogP contribution >= 0.6 is 0 Å². The van der Waals surface area contributed by atoms with E-state index in [9.17, 15) is 0 Å². The Labute approximate surface area is 103 Å². The third-order valence-corrected chi connectivity index (χ3v) is 3.50. The second-order valence-electron chi connectivity index (χ2n) is 4.79. The Hall–Kier alpha value is -0.870. The Morgan fingerprint density at radius 2 is 2.47 bits per heavy atom. The van der Waals surface area contributed by atoms with Gasteiger partial charge in [0.1, 0.15) is 5.76 Å². The predicted molar refractivity (Wildman–Crippen MR) is 68.0 cm³/mol. The van der Waals surface area contributed by atoms with Gasteiger partial charge in [0.2, 0.25) is 0 Å². The Morgan fingerprint density at radius 3 is 3.24 bits per heavy atom. The molecule has 1 saturated heterocycles. The first-order chi connectivity index (χ1) is 8.33. The molecule has 0 spiro atoms. The normalized spacial score (nSPS) is 21.9. The van der Waals surface area contributed by atoms with E-state index in [2.05, 4.69) is 16.8 Å². The molecular formula is C13H23N3O. The van der Waals surface area contributed by atoms with Crippen LogP contribution in [0.25, 0.3) is 0 Å². The SMILES string of the molecule is CCN1CCCC(c2ncc(CCCN)o2)C1. The second kappa shape index (κ2) is 6.17. The lowest BCUT2D eigenvalue weighted by atomic mass is 9.98. The maximum Gasteiger partial charge on any atom is 0.198 e. The fraction of sp³-hybridized carbons (Fsp3) is 0.769. The minimum Gasteiger partial charge on any atom is -0.445 e. The summed E-state index contributed by atoms with van der Waals surface area (Å²) in [6.45, 7) is 6.35. The number of aryl methyl sites for hydroxylation is 1. The number of likely N-dealkylation sites (N-methyl/N-ethyl adjacent to an activating group) is 1. The van der Waals surface area contributed by atoms with E-state index in [0.29, 0.717) is 12.5 Å². The van der Waals surface area contributed by atoms with Gasteiger partial charge in [-0.25, -0.2) is 4.98 Å². The van der Waals surface area contributed by atoms with Crippen LogP contribution in [0.2, 0.25) is 0 Å². The summed E-state index contributed by atoms with van der Waals surface area (Å²) in [7, 11) is 0. The van der Waals surface area contributed by atoms with Crippen LogP contribution in [0.5, 0.6) is 0 Å². The number of hydrogen-bond donors (Lipinski definition) is 1. The molecule has 4 nitrogen and oxygen atoms in total. The number of likely N-dealkylation sites (tertiary alicyclic amines) is 1. The number of oxazole rings is 1. The fourth-order valence-electron chi connectivity index (χ4n) is 2.45. The fourth-order valence-corrected chi connectivity index (χ4v) is 2.45. The van der Waals surface area contributed by atoms with Crippen molar-refractivity contribution in [1.82, 2.24) is 9.88 Å². The molecule has 1 aromatic rings. The van der Waals surface area contributed by atoms with Crippen LogP contribution in [0.4, 0.5) is 0 Å². The Morgan fingerprint density at radius 1 is 1.59 bits per heavy atom. The van der Waals surface area contributed by atoms with Crippen LogP contribution in [0.15, 0.2) is 10.6 Å². The van der Waals surface area contributed by atoms with Gasteiger partial charge in [-0.1, -0.05) is 6.92 Å². The molecule has 4 heteroatoms. The Balaban J connectivity index is 1.94. The lowest BCUT2D eigenvalue weighted by Crippen LogP contribution is -2.34. The highest BCUT2D eigenvalue weighted by Crippen LogP contribution is 2.26. The van der Waals surface area contributed by atoms with Gasteiger partial charge in [0.25, 0.3) is 0 Å². The maximum atomic E-state index is 5.82. The van der Waals surface area contributed by atoms with Gasteiger partial charge in [-0.05, 0) is 38.9 Å². The zero-order valence-electron chi connectivity index (χ0n) is 10.7. The number of nitrogens with two attached hydrogens (primary N) is 1. The molecule has 1 aliphatic rings. The van der Waals surface area contributed by atoms with Gasteiger partial charge in [-0.2, -0.15) is 0 Å². The van der Waals surface area contributed by atoms with Crippen molar-refractivity contribution in [1.29, 1.82) is 0 Å². The summed E-state index contributed by atoms with van der Waals surface area (Å²) in [6.07, 6.45) is 6.20. The third-order valence-electron chi connectivity index (χ3n) is 3.50. The molecule has 0 aromatic carbocycles. The molecule has 2 rings (SSSR count). The van der Waals surface area contributed by atoms with Gasteiger partial charge in [-0.3, -0.25) is 0 Å². The first-order valence-electron chi connectivity index (χ1n) is 6.70. The molecule has 2 N–H and O–H groups in total. The van der Waals surface area contributed by atoms with Crippen molar-refractivity contribution in [2.75, 3.05) is 26.2 Å². The molecule has 0 amide bonds. The number of nitrogens with zero attached hydrogens (tertiary/aromatic N) is 2. The van der Waals surface area contributed by atoms with Gasteiger partial charge < -0.3 is 15.1 Å². The summed E-state index contributed by atoms with van der Waals surface area (Å²) in [4.78, 5) is 6.90. The number of rotatable bonds is 5. The van der Waals surface area contributed by atoms with E-state index in [1.165, 1.54) is 19.4 Å². The van der Waals surface area contributed by atoms with Crippen LogP contribution in [-0.2, 0) is 6.42 Å². The van der Waals surface area contributed by atoms with E-state index in [1.807, 2.05) is 6.20 Å². The molecule has 1 aliphatic heterocycles. The van der Waals surface area contributed by atoms with Crippen LogP contribution in [0.3, 0.4) is 0 Å².